The smallest absolute Gasteiger partial charge is 0.338 e. The highest BCUT2D eigenvalue weighted by molar-refractivity contribution is 5.89. The van der Waals surface area contributed by atoms with E-state index < -0.39 is 10.9 Å². The highest BCUT2D eigenvalue weighted by Gasteiger charge is 2.12. The SMILES string of the molecule is O=C(OCc1cnc(-c2ccccc2)o1)c1ccc([N+](=O)[O-])cc1. The van der Waals surface area contributed by atoms with Crippen molar-refractivity contribution in [2.24, 2.45) is 0 Å². The van der Waals surface area contributed by atoms with Crippen LogP contribution in [-0.2, 0) is 11.3 Å². The lowest BCUT2D eigenvalue weighted by Crippen LogP contribution is -2.04. The van der Waals surface area contributed by atoms with E-state index in [0.717, 1.165) is 5.56 Å². The third-order valence-electron chi connectivity index (χ3n) is 3.23. The van der Waals surface area contributed by atoms with E-state index in [1.165, 1.54) is 30.5 Å². The van der Waals surface area contributed by atoms with E-state index in [2.05, 4.69) is 4.98 Å². The van der Waals surface area contributed by atoms with E-state index in [9.17, 15) is 14.9 Å². The first kappa shape index (κ1) is 15.4. The van der Waals surface area contributed by atoms with Gasteiger partial charge in [0.1, 0.15) is 0 Å². The maximum atomic E-state index is 11.9. The van der Waals surface area contributed by atoms with Crippen molar-refractivity contribution in [3.05, 3.63) is 82.2 Å². The molecular formula is C17H12N2O5. The van der Waals surface area contributed by atoms with Crippen molar-refractivity contribution in [1.29, 1.82) is 0 Å². The van der Waals surface area contributed by atoms with Gasteiger partial charge < -0.3 is 9.15 Å². The van der Waals surface area contributed by atoms with E-state index in [-0.39, 0.29) is 17.9 Å². The number of nitro benzene ring substituents is 1. The van der Waals surface area contributed by atoms with Gasteiger partial charge in [0.05, 0.1) is 16.7 Å². The Hall–Kier alpha value is -3.48. The molecule has 24 heavy (non-hydrogen) atoms. The monoisotopic (exact) mass is 324 g/mol. The zero-order chi connectivity index (χ0) is 16.9. The number of nitro groups is 1. The Morgan fingerprint density at radius 2 is 1.83 bits per heavy atom. The molecule has 0 unspecified atom stereocenters. The van der Waals surface area contributed by atoms with Crippen molar-refractivity contribution in [2.45, 2.75) is 6.61 Å². The normalized spacial score (nSPS) is 10.3. The number of oxazole rings is 1. The Bertz CT molecular complexity index is 856. The standard InChI is InChI=1S/C17H12N2O5/c20-17(13-6-8-14(9-7-13)19(21)22)23-11-15-10-18-16(24-15)12-4-2-1-3-5-12/h1-10H,11H2. The van der Waals surface area contributed by atoms with Crippen molar-refractivity contribution in [2.75, 3.05) is 0 Å². The van der Waals surface area contributed by atoms with Gasteiger partial charge in [-0.25, -0.2) is 9.78 Å². The fourth-order valence-corrected chi connectivity index (χ4v) is 2.03. The topological polar surface area (TPSA) is 95.5 Å². The van der Waals surface area contributed by atoms with Crippen LogP contribution in [0.15, 0.2) is 65.2 Å². The minimum absolute atomic E-state index is 0.0738. The third kappa shape index (κ3) is 3.46. The summed E-state index contributed by atoms with van der Waals surface area (Å²) in [6, 6.07) is 14.5. The van der Waals surface area contributed by atoms with Gasteiger partial charge in [-0.1, -0.05) is 18.2 Å². The van der Waals surface area contributed by atoms with Crippen LogP contribution in [0.4, 0.5) is 5.69 Å². The molecule has 2 aromatic carbocycles. The number of hydrogen-bond donors (Lipinski definition) is 0. The summed E-state index contributed by atoms with van der Waals surface area (Å²) in [7, 11) is 0. The molecule has 0 atom stereocenters. The molecule has 1 aromatic heterocycles. The van der Waals surface area contributed by atoms with Crippen LogP contribution in [0.2, 0.25) is 0 Å². The molecule has 0 aliphatic heterocycles. The number of carbonyl (C=O) groups excluding carboxylic acids is 1. The molecule has 0 N–H and O–H groups in total. The van der Waals surface area contributed by atoms with Gasteiger partial charge in [-0.3, -0.25) is 10.1 Å². The fraction of sp³-hybridized carbons (Fsp3) is 0.0588. The van der Waals surface area contributed by atoms with Gasteiger partial charge in [-0.05, 0) is 24.3 Å². The van der Waals surface area contributed by atoms with Crippen molar-refractivity contribution in [1.82, 2.24) is 4.98 Å². The molecule has 0 aliphatic rings. The van der Waals surface area contributed by atoms with Gasteiger partial charge in [0.2, 0.25) is 5.89 Å². The molecule has 3 rings (SSSR count). The Balaban J connectivity index is 1.62. The van der Waals surface area contributed by atoms with Crippen molar-refractivity contribution < 1.29 is 18.9 Å². The lowest BCUT2D eigenvalue weighted by Gasteiger charge is -2.02. The van der Waals surface area contributed by atoms with Crippen LogP contribution < -0.4 is 0 Å². The van der Waals surface area contributed by atoms with Gasteiger partial charge in [-0.15, -0.1) is 0 Å². The van der Waals surface area contributed by atoms with Crippen molar-refractivity contribution in [3.63, 3.8) is 0 Å². The minimum atomic E-state index is -0.595. The number of aromatic nitrogens is 1. The highest BCUT2D eigenvalue weighted by atomic mass is 16.6. The average Bonchev–Trinajstić information content (AvgIpc) is 3.09. The maximum absolute atomic E-state index is 11.9. The van der Waals surface area contributed by atoms with E-state index in [0.29, 0.717) is 11.7 Å². The van der Waals surface area contributed by atoms with Gasteiger partial charge in [0.15, 0.2) is 12.4 Å². The number of ether oxygens (including phenoxy) is 1. The largest absolute Gasteiger partial charge is 0.454 e. The average molecular weight is 324 g/mol. The number of benzene rings is 2. The number of carbonyl (C=O) groups is 1. The zero-order valence-electron chi connectivity index (χ0n) is 12.4. The third-order valence-corrected chi connectivity index (χ3v) is 3.23. The second-order valence-electron chi connectivity index (χ2n) is 4.88. The molecule has 0 saturated heterocycles. The van der Waals surface area contributed by atoms with E-state index in [1.807, 2.05) is 30.3 Å². The molecular weight excluding hydrogens is 312 g/mol. The first-order valence-corrected chi connectivity index (χ1v) is 7.05. The zero-order valence-corrected chi connectivity index (χ0v) is 12.4. The summed E-state index contributed by atoms with van der Waals surface area (Å²) in [5.74, 6) is 0.253. The van der Waals surface area contributed by atoms with Gasteiger partial charge in [-0.2, -0.15) is 0 Å². The Labute approximate surface area is 136 Å². The summed E-state index contributed by atoms with van der Waals surface area (Å²) in [6.07, 6.45) is 1.49. The lowest BCUT2D eigenvalue weighted by atomic mass is 10.2. The van der Waals surface area contributed by atoms with Gasteiger partial charge in [0, 0.05) is 17.7 Å². The number of non-ortho nitro benzene ring substituents is 1. The number of nitrogens with zero attached hydrogens (tertiary/aromatic N) is 2. The number of rotatable bonds is 5. The van der Waals surface area contributed by atoms with Gasteiger partial charge >= 0.3 is 5.97 Å². The molecule has 0 saturated carbocycles. The first-order chi connectivity index (χ1) is 11.6. The van der Waals surface area contributed by atoms with E-state index in [4.69, 9.17) is 9.15 Å². The Morgan fingerprint density at radius 3 is 2.50 bits per heavy atom. The molecule has 0 aliphatic carbocycles. The second kappa shape index (κ2) is 6.74. The first-order valence-electron chi connectivity index (χ1n) is 7.05. The molecule has 7 nitrogen and oxygen atoms in total. The molecule has 0 bridgehead atoms. The summed E-state index contributed by atoms with van der Waals surface area (Å²) in [6.45, 7) is -0.0738. The summed E-state index contributed by atoms with van der Waals surface area (Å²) < 4.78 is 10.7. The van der Waals surface area contributed by atoms with Crippen molar-refractivity contribution in [3.8, 4) is 11.5 Å². The van der Waals surface area contributed by atoms with Gasteiger partial charge in [0.25, 0.3) is 5.69 Å². The number of esters is 1. The van der Waals surface area contributed by atoms with E-state index >= 15 is 0 Å². The van der Waals surface area contributed by atoms with Crippen LogP contribution >= 0.6 is 0 Å². The van der Waals surface area contributed by atoms with Crippen LogP contribution in [0.5, 0.6) is 0 Å². The van der Waals surface area contributed by atoms with Crippen LogP contribution in [0.25, 0.3) is 11.5 Å². The van der Waals surface area contributed by atoms with Crippen LogP contribution in [0.3, 0.4) is 0 Å². The Kier molecular flexibility index (Phi) is 4.33. The number of hydrogen-bond acceptors (Lipinski definition) is 6. The molecule has 0 fully saturated rings. The second-order valence-corrected chi connectivity index (χ2v) is 4.88. The lowest BCUT2D eigenvalue weighted by molar-refractivity contribution is -0.384. The summed E-state index contributed by atoms with van der Waals surface area (Å²) >= 11 is 0. The van der Waals surface area contributed by atoms with Crippen molar-refractivity contribution >= 4 is 11.7 Å². The summed E-state index contributed by atoms with van der Waals surface area (Å²) in [4.78, 5) is 26.1. The maximum Gasteiger partial charge on any atom is 0.338 e. The summed E-state index contributed by atoms with van der Waals surface area (Å²) in [5.41, 5.74) is 0.961. The van der Waals surface area contributed by atoms with Crippen LogP contribution in [-0.4, -0.2) is 15.9 Å². The van der Waals surface area contributed by atoms with Crippen LogP contribution in [0.1, 0.15) is 16.1 Å². The molecule has 120 valence electrons. The predicted molar refractivity (Wildman–Crippen MR) is 84.2 cm³/mol. The molecule has 0 spiro atoms. The molecule has 3 aromatic rings. The Morgan fingerprint density at radius 1 is 1.12 bits per heavy atom. The molecule has 7 heteroatoms. The summed E-state index contributed by atoms with van der Waals surface area (Å²) in [5, 5.41) is 10.6. The fourth-order valence-electron chi connectivity index (χ4n) is 2.03. The quantitative estimate of drug-likeness (QED) is 0.404. The van der Waals surface area contributed by atoms with Crippen LogP contribution in [0, 0.1) is 10.1 Å². The molecule has 1 heterocycles. The van der Waals surface area contributed by atoms with E-state index in [1.54, 1.807) is 0 Å². The molecule has 0 amide bonds. The molecule has 0 radical (unpaired) electrons. The predicted octanol–water partition coefficient (Wildman–Crippen LogP) is 3.61. The highest BCUT2D eigenvalue weighted by Crippen LogP contribution is 2.19. The minimum Gasteiger partial charge on any atom is -0.454 e.